The van der Waals surface area contributed by atoms with Crippen LogP contribution < -0.4 is 20.5 Å². The Hall–Kier alpha value is -4.08. The molecule has 0 saturated heterocycles. The van der Waals surface area contributed by atoms with Crippen LogP contribution >= 0.6 is 36.1 Å². The molecular formula is C30H21F12O15S3-3. The SMILES string of the molecule is O=C(OCCc1ccccc1)C(F)(SOO[O-])C(F)(F)F.O=C(OCc1ccccc1)C(F)(SOO[O-])C(F)(F)F.O=C(Oc1ccccc1)C(F)(SOO[O-])C(F)(F)F. The number of alkyl halides is 12. The van der Waals surface area contributed by atoms with Crippen molar-refractivity contribution in [2.75, 3.05) is 6.61 Å². The number of carbonyl (C=O) groups excluding carboxylic acids is 3. The predicted octanol–water partition coefficient (Wildman–Crippen LogP) is 5.39. The molecule has 3 atom stereocenters. The van der Waals surface area contributed by atoms with E-state index in [0.717, 1.165) is 12.1 Å². The van der Waals surface area contributed by atoms with Crippen LogP contribution in [0.5, 0.6) is 5.75 Å². The average Bonchev–Trinajstić information content (AvgIpc) is 3.20. The summed E-state index contributed by atoms with van der Waals surface area (Å²) in [4.78, 5) is 33.7. The second-order valence-electron chi connectivity index (χ2n) is 10.1. The molecule has 0 aliphatic carbocycles. The number of carbonyl (C=O) groups is 3. The lowest BCUT2D eigenvalue weighted by Gasteiger charge is -2.23. The lowest BCUT2D eigenvalue weighted by molar-refractivity contribution is -0.777. The van der Waals surface area contributed by atoms with Crippen LogP contribution in [0.25, 0.3) is 0 Å². The van der Waals surface area contributed by atoms with Crippen LogP contribution in [-0.4, -0.2) is 58.0 Å². The molecule has 0 aliphatic rings. The number of halogens is 12. The van der Waals surface area contributed by atoms with Crippen LogP contribution in [-0.2, 0) is 65.0 Å². The van der Waals surface area contributed by atoms with Gasteiger partial charge in [0.25, 0.3) is 0 Å². The summed E-state index contributed by atoms with van der Waals surface area (Å²) >= 11 is -3.39. The summed E-state index contributed by atoms with van der Waals surface area (Å²) in [5, 5.41) is 22.6. The minimum atomic E-state index is -5.66. The van der Waals surface area contributed by atoms with Crippen molar-refractivity contribution in [1.29, 1.82) is 0 Å². The van der Waals surface area contributed by atoms with Gasteiger partial charge < -0.3 is 30.0 Å². The minimum absolute atomic E-state index is 0.101. The number of rotatable bonds is 18. The number of para-hydroxylation sites is 1. The largest absolute Gasteiger partial charge is 0.691 e. The van der Waals surface area contributed by atoms with Gasteiger partial charge in [0, 0.05) is 6.42 Å². The molecule has 60 heavy (non-hydrogen) atoms. The molecule has 30 heteroatoms. The Morgan fingerprint density at radius 3 is 1.17 bits per heavy atom. The molecule has 0 aliphatic heterocycles. The van der Waals surface area contributed by atoms with Gasteiger partial charge in [-0.1, -0.05) is 78.9 Å². The molecule has 0 heterocycles. The monoisotopic (exact) mass is 945 g/mol. The molecule has 3 aromatic carbocycles. The first-order chi connectivity index (χ1) is 27.9. The van der Waals surface area contributed by atoms with Crippen LogP contribution in [0.3, 0.4) is 0 Å². The normalized spacial score (nSPS) is 14.7. The Morgan fingerprint density at radius 2 is 0.800 bits per heavy atom. The quantitative estimate of drug-likeness (QED) is 0.0392. The molecular weight excluding hydrogens is 924 g/mol. The molecule has 3 rings (SSSR count). The summed E-state index contributed by atoms with van der Waals surface area (Å²) in [7, 11) is 0. The summed E-state index contributed by atoms with van der Waals surface area (Å²) in [6.45, 7) is -1.04. The summed E-state index contributed by atoms with van der Waals surface area (Å²) in [5.41, 5.74) is 1.05. The maximum atomic E-state index is 13.6. The van der Waals surface area contributed by atoms with Gasteiger partial charge >= 0.3 is 51.4 Å². The maximum absolute atomic E-state index is 13.6. The highest BCUT2D eigenvalue weighted by Crippen LogP contribution is 2.46. The van der Waals surface area contributed by atoms with E-state index in [-0.39, 0.29) is 12.2 Å². The van der Waals surface area contributed by atoms with Crippen LogP contribution in [0.4, 0.5) is 52.7 Å². The molecule has 336 valence electrons. The fourth-order valence-electron chi connectivity index (χ4n) is 3.25. The van der Waals surface area contributed by atoms with Gasteiger partial charge in [0.1, 0.15) is 12.4 Å². The first-order valence-corrected chi connectivity index (χ1v) is 17.1. The number of ether oxygens (including phenoxy) is 3. The van der Waals surface area contributed by atoms with Gasteiger partial charge in [0.2, 0.25) is 0 Å². The number of esters is 3. The Kier molecular flexibility index (Phi) is 22.5. The van der Waals surface area contributed by atoms with Crippen LogP contribution in [0.2, 0.25) is 0 Å². The van der Waals surface area contributed by atoms with E-state index < -0.39 is 101 Å². The van der Waals surface area contributed by atoms with Gasteiger partial charge in [-0.25, -0.2) is 27.6 Å². The summed E-state index contributed by atoms with van der Waals surface area (Å²) in [6, 6.07) is 22.6. The molecule has 15 nitrogen and oxygen atoms in total. The summed E-state index contributed by atoms with van der Waals surface area (Å²) in [6.07, 6.45) is -16.9. The third-order valence-electron chi connectivity index (χ3n) is 6.04. The fourth-order valence-corrected chi connectivity index (χ4v) is 4.26. The van der Waals surface area contributed by atoms with Crippen molar-refractivity contribution in [3.8, 4) is 5.75 Å². The fraction of sp³-hybridized carbons (Fsp3) is 0.300. The lowest BCUT2D eigenvalue weighted by atomic mass is 10.2. The number of benzene rings is 3. The van der Waals surface area contributed by atoms with Gasteiger partial charge in [-0.3, -0.25) is 15.1 Å². The Morgan fingerprint density at radius 1 is 0.467 bits per heavy atom. The Balaban J connectivity index is 0.000000451. The minimum Gasteiger partial charge on any atom is -0.691 e. The number of hydrogen-bond donors (Lipinski definition) is 0. The molecule has 0 fully saturated rings. The Labute approximate surface area is 339 Å². The van der Waals surface area contributed by atoms with E-state index in [1.165, 1.54) is 30.3 Å². The van der Waals surface area contributed by atoms with Crippen molar-refractivity contribution < 1.29 is 125 Å². The van der Waals surface area contributed by atoms with Crippen molar-refractivity contribution in [3.05, 3.63) is 102 Å². The topological polar surface area (TPSA) is 203 Å². The Bertz CT molecular complexity index is 1720. The summed E-state index contributed by atoms with van der Waals surface area (Å²) < 4.78 is 176. The zero-order valence-electron chi connectivity index (χ0n) is 28.7. The van der Waals surface area contributed by atoms with E-state index in [0.29, 0.717) is 11.1 Å². The predicted molar refractivity (Wildman–Crippen MR) is 168 cm³/mol. The van der Waals surface area contributed by atoms with E-state index in [9.17, 15) is 82.8 Å². The van der Waals surface area contributed by atoms with Crippen LogP contribution in [0.1, 0.15) is 11.1 Å². The van der Waals surface area contributed by atoms with Crippen LogP contribution in [0, 0.1) is 0 Å². The van der Waals surface area contributed by atoms with E-state index in [4.69, 9.17) is 0 Å². The van der Waals surface area contributed by atoms with E-state index >= 15 is 0 Å². The van der Waals surface area contributed by atoms with Gasteiger partial charge in [-0.05, 0) is 23.3 Å². The van der Waals surface area contributed by atoms with Crippen molar-refractivity contribution in [3.63, 3.8) is 0 Å². The van der Waals surface area contributed by atoms with Crippen molar-refractivity contribution in [2.45, 2.75) is 46.6 Å². The zero-order valence-corrected chi connectivity index (χ0v) is 31.1. The van der Waals surface area contributed by atoms with E-state index in [1.54, 1.807) is 48.5 Å². The molecule has 0 aromatic heterocycles. The van der Waals surface area contributed by atoms with Crippen molar-refractivity contribution in [2.24, 2.45) is 0 Å². The van der Waals surface area contributed by atoms with Gasteiger partial charge in [-0.15, -0.1) is 0 Å². The first-order valence-electron chi connectivity index (χ1n) is 14.8. The second-order valence-corrected chi connectivity index (χ2v) is 12.7. The molecule has 0 saturated carbocycles. The molecule has 0 spiro atoms. The third kappa shape index (κ3) is 16.8. The first kappa shape index (κ1) is 53.9. The standard InChI is InChI=1S/C11H10F4O5S.C10H8F4O5S.C9H6F4O5S/c12-10(11(13,14)15,21-20-19-17)9(16)18-7-6-8-4-2-1-3-5-8;11-9(10(12,13)14,20-19-18-16)8(15)17-6-7-4-2-1-3-5-7;10-8(9(11,12)13,19-18-17-15)7(14)16-6-4-2-1-3-5-6/h1-5,17H,6-7H2;1-5,16H,6H2;1-5,15H/p-3. The maximum Gasteiger partial charge on any atom is 0.446 e. The van der Waals surface area contributed by atoms with Gasteiger partial charge in [-0.2, -0.15) is 52.5 Å². The second kappa shape index (κ2) is 25.0. The van der Waals surface area contributed by atoms with Crippen molar-refractivity contribution in [1.82, 2.24) is 0 Å². The molecule has 3 aromatic rings. The third-order valence-corrected chi connectivity index (χ3v) is 8.30. The average molecular weight is 946 g/mol. The molecule has 0 N–H and O–H groups in total. The van der Waals surface area contributed by atoms with E-state index in [2.05, 4.69) is 42.3 Å². The highest BCUT2D eigenvalue weighted by Gasteiger charge is 2.67. The lowest BCUT2D eigenvalue weighted by Crippen LogP contribution is -2.47. The van der Waals surface area contributed by atoms with Crippen molar-refractivity contribution >= 4 is 54.0 Å². The molecule has 3 unspecified atom stereocenters. The van der Waals surface area contributed by atoms with E-state index in [1.807, 2.05) is 0 Å². The molecule has 0 radical (unpaired) electrons. The van der Waals surface area contributed by atoms with Gasteiger partial charge in [0.05, 0.1) is 42.7 Å². The highest BCUT2D eigenvalue weighted by atomic mass is 32.2. The van der Waals surface area contributed by atoms with Gasteiger partial charge in [0.15, 0.2) is 0 Å². The van der Waals surface area contributed by atoms with Crippen LogP contribution in [0.15, 0.2) is 91.0 Å². The molecule has 0 amide bonds. The molecule has 0 bridgehead atoms. The number of hydrogen-bond acceptors (Lipinski definition) is 18. The highest BCUT2D eigenvalue weighted by molar-refractivity contribution is 7.97. The summed E-state index contributed by atoms with van der Waals surface area (Å²) in [5.74, 6) is -7.08. The smallest absolute Gasteiger partial charge is 0.446 e. The zero-order chi connectivity index (χ0) is 45.7.